The van der Waals surface area contributed by atoms with E-state index < -0.39 is 17.5 Å². The summed E-state index contributed by atoms with van der Waals surface area (Å²) in [6.45, 7) is 3.79. The number of nitrogens with zero attached hydrogens (tertiary/aromatic N) is 2. The van der Waals surface area contributed by atoms with E-state index in [1.807, 2.05) is 31.2 Å². The van der Waals surface area contributed by atoms with Crippen LogP contribution in [0.3, 0.4) is 0 Å². The second-order valence-electron chi connectivity index (χ2n) is 7.58. The third kappa shape index (κ3) is 4.41. The lowest BCUT2D eigenvalue weighted by Gasteiger charge is -2.28. The molecule has 3 aromatic rings. The molecule has 1 aliphatic rings. The van der Waals surface area contributed by atoms with E-state index in [2.05, 4.69) is 15.4 Å². The van der Waals surface area contributed by atoms with Crippen molar-refractivity contribution in [3.05, 3.63) is 77.0 Å². The standard InChI is InChI=1S/C23H23F2N3O2/c1-15-4-6-16(7-5-15)22-13-20(27-30-22)23(29)26-14-21(28-10-2-3-11-28)18-9-8-17(24)12-19(18)25/h4-9,12-13,21H,2-3,10-11,14H2,1H3,(H,26,29)/t21-/m0/s1. The van der Waals surface area contributed by atoms with Crippen LogP contribution in [-0.4, -0.2) is 35.6 Å². The molecular formula is C23H23F2N3O2. The lowest BCUT2D eigenvalue weighted by atomic mass is 10.0. The molecule has 0 aliphatic carbocycles. The summed E-state index contributed by atoms with van der Waals surface area (Å²) in [5, 5.41) is 6.69. The highest BCUT2D eigenvalue weighted by molar-refractivity contribution is 5.93. The highest BCUT2D eigenvalue weighted by Crippen LogP contribution is 2.27. The Morgan fingerprint density at radius 3 is 2.57 bits per heavy atom. The molecule has 1 N–H and O–H groups in total. The molecule has 0 bridgehead atoms. The highest BCUT2D eigenvalue weighted by atomic mass is 19.1. The Labute approximate surface area is 173 Å². The van der Waals surface area contributed by atoms with Gasteiger partial charge in [0, 0.05) is 29.8 Å². The Kier molecular flexibility index (Phi) is 5.90. The minimum atomic E-state index is -0.619. The Balaban J connectivity index is 1.48. The highest BCUT2D eigenvalue weighted by Gasteiger charge is 2.27. The SMILES string of the molecule is Cc1ccc(-c2cc(C(=O)NC[C@@H](c3ccc(F)cc3F)N3CCCC3)no2)cc1. The van der Waals surface area contributed by atoms with Crippen LogP contribution in [0, 0.1) is 18.6 Å². The van der Waals surface area contributed by atoms with Crippen molar-refractivity contribution in [2.45, 2.75) is 25.8 Å². The first-order valence-electron chi connectivity index (χ1n) is 10.0. The fraction of sp³-hybridized carbons (Fsp3) is 0.304. The van der Waals surface area contributed by atoms with Gasteiger partial charge in [0.05, 0.1) is 6.04 Å². The van der Waals surface area contributed by atoms with E-state index >= 15 is 0 Å². The molecule has 1 aliphatic heterocycles. The number of carbonyl (C=O) groups excluding carboxylic acids is 1. The molecule has 1 amide bonds. The minimum absolute atomic E-state index is 0.158. The number of amides is 1. The third-order valence-corrected chi connectivity index (χ3v) is 5.44. The van der Waals surface area contributed by atoms with Gasteiger partial charge >= 0.3 is 0 Å². The number of aryl methyl sites for hydroxylation is 1. The average molecular weight is 411 g/mol. The smallest absolute Gasteiger partial charge is 0.273 e. The molecule has 1 atom stereocenters. The molecule has 30 heavy (non-hydrogen) atoms. The van der Waals surface area contributed by atoms with E-state index in [4.69, 9.17) is 4.52 Å². The summed E-state index contributed by atoms with van der Waals surface area (Å²) in [4.78, 5) is 14.7. The predicted molar refractivity (Wildman–Crippen MR) is 109 cm³/mol. The molecule has 1 fully saturated rings. The summed E-state index contributed by atoms with van der Waals surface area (Å²) in [7, 11) is 0. The van der Waals surface area contributed by atoms with Crippen LogP contribution in [0.1, 0.15) is 40.5 Å². The lowest BCUT2D eigenvalue weighted by Crippen LogP contribution is -2.37. The molecule has 4 rings (SSSR count). The molecule has 2 heterocycles. The van der Waals surface area contributed by atoms with Gasteiger partial charge in [-0.05, 0) is 38.9 Å². The zero-order valence-electron chi connectivity index (χ0n) is 16.7. The number of hydrogen-bond donors (Lipinski definition) is 1. The molecule has 5 nitrogen and oxygen atoms in total. The molecule has 0 saturated carbocycles. The second-order valence-corrected chi connectivity index (χ2v) is 7.58. The van der Waals surface area contributed by atoms with Crippen LogP contribution in [0.25, 0.3) is 11.3 Å². The largest absolute Gasteiger partial charge is 0.355 e. The van der Waals surface area contributed by atoms with Crippen molar-refractivity contribution in [3.63, 3.8) is 0 Å². The molecule has 7 heteroatoms. The van der Waals surface area contributed by atoms with Crippen LogP contribution in [0.5, 0.6) is 0 Å². The molecule has 2 aromatic carbocycles. The molecular weight excluding hydrogens is 388 g/mol. The average Bonchev–Trinajstić information content (AvgIpc) is 3.42. The number of aromatic nitrogens is 1. The first-order valence-corrected chi connectivity index (χ1v) is 10.0. The van der Waals surface area contributed by atoms with Crippen LogP contribution in [0.2, 0.25) is 0 Å². The van der Waals surface area contributed by atoms with Crippen molar-refractivity contribution in [2.75, 3.05) is 19.6 Å². The molecule has 156 valence electrons. The monoisotopic (exact) mass is 411 g/mol. The van der Waals surface area contributed by atoms with Crippen molar-refractivity contribution in [1.29, 1.82) is 0 Å². The van der Waals surface area contributed by atoms with E-state index in [-0.39, 0.29) is 18.3 Å². The Bertz CT molecular complexity index is 1030. The summed E-state index contributed by atoms with van der Waals surface area (Å²) < 4.78 is 33.1. The molecule has 1 saturated heterocycles. The van der Waals surface area contributed by atoms with E-state index in [9.17, 15) is 13.6 Å². The van der Waals surface area contributed by atoms with Gasteiger partial charge in [-0.15, -0.1) is 0 Å². The van der Waals surface area contributed by atoms with Gasteiger partial charge < -0.3 is 9.84 Å². The van der Waals surface area contributed by atoms with Crippen LogP contribution in [0.15, 0.2) is 53.1 Å². The second kappa shape index (κ2) is 8.75. The zero-order chi connectivity index (χ0) is 21.1. The topological polar surface area (TPSA) is 58.4 Å². The molecule has 1 aromatic heterocycles. The van der Waals surface area contributed by atoms with Gasteiger partial charge in [-0.25, -0.2) is 8.78 Å². The van der Waals surface area contributed by atoms with E-state index in [0.717, 1.165) is 43.1 Å². The van der Waals surface area contributed by atoms with Gasteiger partial charge in [-0.1, -0.05) is 41.1 Å². The first-order chi connectivity index (χ1) is 14.5. The van der Waals surface area contributed by atoms with Crippen molar-refractivity contribution in [1.82, 2.24) is 15.4 Å². The molecule has 0 unspecified atom stereocenters. The fourth-order valence-corrected chi connectivity index (χ4v) is 3.78. The van der Waals surface area contributed by atoms with Crippen LogP contribution < -0.4 is 5.32 Å². The number of rotatable bonds is 6. The van der Waals surface area contributed by atoms with Crippen LogP contribution >= 0.6 is 0 Å². The van der Waals surface area contributed by atoms with Gasteiger partial charge in [-0.2, -0.15) is 0 Å². The number of carbonyl (C=O) groups is 1. The minimum Gasteiger partial charge on any atom is -0.355 e. The van der Waals surface area contributed by atoms with Gasteiger partial charge in [0.15, 0.2) is 11.5 Å². The summed E-state index contributed by atoms with van der Waals surface area (Å²) in [5.41, 5.74) is 2.48. The van der Waals surface area contributed by atoms with E-state index in [0.29, 0.717) is 11.3 Å². The zero-order valence-corrected chi connectivity index (χ0v) is 16.7. The summed E-state index contributed by atoms with van der Waals surface area (Å²) in [5.74, 6) is -1.12. The summed E-state index contributed by atoms with van der Waals surface area (Å²) in [6, 6.07) is 12.5. The normalized spacial score (nSPS) is 15.3. The number of likely N-dealkylation sites (tertiary alicyclic amines) is 1. The van der Waals surface area contributed by atoms with Gasteiger partial charge in [0.2, 0.25) is 0 Å². The van der Waals surface area contributed by atoms with Crippen molar-refractivity contribution >= 4 is 5.91 Å². The Hall–Kier alpha value is -3.06. The summed E-state index contributed by atoms with van der Waals surface area (Å²) >= 11 is 0. The molecule has 0 radical (unpaired) electrons. The van der Waals surface area contributed by atoms with E-state index in [1.165, 1.54) is 12.1 Å². The van der Waals surface area contributed by atoms with Crippen LogP contribution in [-0.2, 0) is 0 Å². The first kappa shape index (κ1) is 20.2. The molecule has 0 spiro atoms. The van der Waals surface area contributed by atoms with Crippen molar-refractivity contribution in [2.24, 2.45) is 0 Å². The lowest BCUT2D eigenvalue weighted by molar-refractivity contribution is 0.0928. The van der Waals surface area contributed by atoms with Gasteiger partial charge in [0.1, 0.15) is 11.6 Å². The maximum atomic E-state index is 14.4. The fourth-order valence-electron chi connectivity index (χ4n) is 3.78. The van der Waals surface area contributed by atoms with E-state index in [1.54, 1.807) is 6.07 Å². The number of nitrogens with one attached hydrogen (secondary N) is 1. The maximum absolute atomic E-state index is 14.4. The Morgan fingerprint density at radius 2 is 1.87 bits per heavy atom. The predicted octanol–water partition coefficient (Wildman–Crippen LogP) is 4.50. The number of benzene rings is 2. The van der Waals surface area contributed by atoms with Crippen molar-refractivity contribution < 1.29 is 18.1 Å². The number of hydrogen-bond acceptors (Lipinski definition) is 4. The number of halogens is 2. The van der Waals surface area contributed by atoms with Crippen LogP contribution in [0.4, 0.5) is 8.78 Å². The van der Waals surface area contributed by atoms with Gasteiger partial charge in [0.25, 0.3) is 5.91 Å². The Morgan fingerprint density at radius 1 is 1.13 bits per heavy atom. The third-order valence-electron chi connectivity index (χ3n) is 5.44. The summed E-state index contributed by atoms with van der Waals surface area (Å²) in [6.07, 6.45) is 2.02. The maximum Gasteiger partial charge on any atom is 0.273 e. The quantitative estimate of drug-likeness (QED) is 0.649. The van der Waals surface area contributed by atoms with Crippen molar-refractivity contribution in [3.8, 4) is 11.3 Å². The van der Waals surface area contributed by atoms with Gasteiger partial charge in [-0.3, -0.25) is 9.69 Å².